The lowest BCUT2D eigenvalue weighted by molar-refractivity contribution is 0.167. The second kappa shape index (κ2) is 3.73. The first-order valence-corrected chi connectivity index (χ1v) is 4.60. The Morgan fingerprint density at radius 3 is 2.67 bits per heavy atom. The third-order valence-corrected chi connectivity index (χ3v) is 1.80. The Morgan fingerprint density at radius 2 is 2.20 bits per heavy atom. The maximum atomic E-state index is 9.35. The van der Waals surface area contributed by atoms with Crippen LogP contribution in [0.3, 0.4) is 0 Å². The van der Waals surface area contributed by atoms with Crippen molar-refractivity contribution in [3.05, 3.63) is 23.1 Å². The molecule has 0 aromatic carbocycles. The van der Waals surface area contributed by atoms with Gasteiger partial charge in [0.15, 0.2) is 11.2 Å². The minimum absolute atomic E-state index is 0.0241. The topological polar surface area (TPSA) is 85.7 Å². The number of aromatic nitrogens is 2. The Hall–Kier alpha value is -1.83. The summed E-state index contributed by atoms with van der Waals surface area (Å²) in [5.74, 6) is 0. The van der Waals surface area contributed by atoms with E-state index in [9.17, 15) is 5.21 Å². The first-order chi connectivity index (χ1) is 6.83. The van der Waals surface area contributed by atoms with E-state index in [-0.39, 0.29) is 16.6 Å². The van der Waals surface area contributed by atoms with Gasteiger partial charge in [-0.15, -0.1) is 0 Å². The van der Waals surface area contributed by atoms with Gasteiger partial charge in [-0.3, -0.25) is 5.41 Å². The quantitative estimate of drug-likeness (QED) is 0.673. The number of nitriles is 1. The van der Waals surface area contributed by atoms with Gasteiger partial charge in [0.25, 0.3) is 0 Å². The molecule has 0 aliphatic heterocycles. The van der Waals surface area contributed by atoms with E-state index in [0.29, 0.717) is 16.8 Å². The summed E-state index contributed by atoms with van der Waals surface area (Å²) >= 11 is 0. The Bertz CT molecular complexity index is 462. The van der Waals surface area contributed by atoms with Crippen molar-refractivity contribution < 1.29 is 5.21 Å². The number of rotatable bonds is 1. The Balaban J connectivity index is 3.19. The van der Waals surface area contributed by atoms with Gasteiger partial charge in [-0.2, -0.15) is 9.99 Å². The van der Waals surface area contributed by atoms with E-state index >= 15 is 0 Å². The van der Waals surface area contributed by atoms with E-state index in [1.807, 2.05) is 20.8 Å². The van der Waals surface area contributed by atoms with Gasteiger partial charge in [0, 0.05) is 0 Å². The van der Waals surface area contributed by atoms with E-state index in [4.69, 9.17) is 10.7 Å². The van der Waals surface area contributed by atoms with Gasteiger partial charge in [0.05, 0.1) is 11.9 Å². The zero-order valence-electron chi connectivity index (χ0n) is 9.07. The highest BCUT2D eigenvalue weighted by atomic mass is 16.5. The molecular formula is C10H14N4O. The van der Waals surface area contributed by atoms with Crippen LogP contribution in [-0.2, 0) is 6.42 Å². The molecule has 0 spiro atoms. The average molecular weight is 206 g/mol. The summed E-state index contributed by atoms with van der Waals surface area (Å²) in [6, 6.07) is 1.78. The van der Waals surface area contributed by atoms with Gasteiger partial charge >= 0.3 is 0 Å². The van der Waals surface area contributed by atoms with Crippen molar-refractivity contribution in [2.45, 2.75) is 27.2 Å². The summed E-state index contributed by atoms with van der Waals surface area (Å²) in [5.41, 5.74) is 0.294. The van der Waals surface area contributed by atoms with Crippen LogP contribution >= 0.6 is 0 Å². The maximum Gasteiger partial charge on any atom is 0.197 e. The van der Waals surface area contributed by atoms with E-state index in [1.165, 1.54) is 6.20 Å². The number of hydrogen-bond acceptors (Lipinski definition) is 4. The SMILES string of the molecule is CC(C)(C)Cc1cn(O)c(=N)c(C#N)n1. The normalized spacial score (nSPS) is 11.1. The lowest BCUT2D eigenvalue weighted by Crippen LogP contribution is -2.24. The van der Waals surface area contributed by atoms with Crippen LogP contribution in [-0.4, -0.2) is 14.9 Å². The molecular weight excluding hydrogens is 192 g/mol. The largest absolute Gasteiger partial charge is 0.427 e. The third-order valence-electron chi connectivity index (χ3n) is 1.80. The van der Waals surface area contributed by atoms with Crippen LogP contribution in [0.1, 0.15) is 32.2 Å². The fourth-order valence-electron chi connectivity index (χ4n) is 1.25. The zero-order chi connectivity index (χ0) is 11.6. The van der Waals surface area contributed by atoms with Gasteiger partial charge in [0.2, 0.25) is 0 Å². The van der Waals surface area contributed by atoms with Gasteiger partial charge in [-0.25, -0.2) is 4.98 Å². The zero-order valence-corrected chi connectivity index (χ0v) is 9.07. The van der Waals surface area contributed by atoms with Crippen molar-refractivity contribution in [1.82, 2.24) is 9.71 Å². The highest BCUT2D eigenvalue weighted by molar-refractivity contribution is 5.17. The van der Waals surface area contributed by atoms with Crippen molar-refractivity contribution in [2.75, 3.05) is 0 Å². The third kappa shape index (κ3) is 2.81. The van der Waals surface area contributed by atoms with Crippen LogP contribution in [0.4, 0.5) is 0 Å². The number of nitrogens with one attached hydrogen (secondary N) is 1. The van der Waals surface area contributed by atoms with Crippen LogP contribution in [0.25, 0.3) is 0 Å². The predicted molar refractivity (Wildman–Crippen MR) is 53.1 cm³/mol. The molecule has 0 atom stereocenters. The monoisotopic (exact) mass is 206 g/mol. The Kier molecular flexibility index (Phi) is 2.80. The van der Waals surface area contributed by atoms with Crippen LogP contribution in [0, 0.1) is 22.2 Å². The minimum Gasteiger partial charge on any atom is -0.427 e. The minimum atomic E-state index is -0.282. The summed E-state index contributed by atoms with van der Waals surface area (Å²) in [7, 11) is 0. The van der Waals surface area contributed by atoms with E-state index in [1.54, 1.807) is 6.07 Å². The molecule has 0 saturated heterocycles. The second-order valence-corrected chi connectivity index (χ2v) is 4.62. The Labute approximate surface area is 88.1 Å². The Morgan fingerprint density at radius 1 is 1.60 bits per heavy atom. The van der Waals surface area contributed by atoms with Crippen molar-refractivity contribution >= 4 is 0 Å². The molecule has 0 bridgehead atoms. The average Bonchev–Trinajstić information content (AvgIpc) is 2.08. The molecule has 1 aromatic heterocycles. The fourth-order valence-corrected chi connectivity index (χ4v) is 1.25. The molecule has 1 rings (SSSR count). The molecule has 1 heterocycles. The van der Waals surface area contributed by atoms with Crippen molar-refractivity contribution in [2.24, 2.45) is 5.41 Å². The van der Waals surface area contributed by atoms with E-state index < -0.39 is 0 Å². The van der Waals surface area contributed by atoms with Crippen molar-refractivity contribution in [1.29, 1.82) is 10.7 Å². The molecule has 15 heavy (non-hydrogen) atoms. The summed E-state index contributed by atoms with van der Waals surface area (Å²) in [5, 5.41) is 25.4. The summed E-state index contributed by atoms with van der Waals surface area (Å²) in [4.78, 5) is 4.01. The molecule has 0 radical (unpaired) electrons. The number of nitrogens with zero attached hydrogens (tertiary/aromatic N) is 3. The molecule has 2 N–H and O–H groups in total. The molecule has 80 valence electrons. The smallest absolute Gasteiger partial charge is 0.197 e. The maximum absolute atomic E-state index is 9.35. The fraction of sp³-hybridized carbons (Fsp3) is 0.500. The summed E-state index contributed by atoms with van der Waals surface area (Å²) < 4.78 is 0.632. The molecule has 5 nitrogen and oxygen atoms in total. The lowest BCUT2D eigenvalue weighted by atomic mass is 9.91. The van der Waals surface area contributed by atoms with E-state index in [2.05, 4.69) is 4.98 Å². The molecule has 0 fully saturated rings. The molecule has 1 aromatic rings. The van der Waals surface area contributed by atoms with Gasteiger partial charge in [-0.1, -0.05) is 20.8 Å². The van der Waals surface area contributed by atoms with Gasteiger partial charge in [0.1, 0.15) is 6.07 Å². The van der Waals surface area contributed by atoms with Gasteiger partial charge in [-0.05, 0) is 11.8 Å². The standard InChI is InChI=1S/C10H14N4O/c1-10(2,3)4-7-6-14(15)9(12)8(5-11)13-7/h6,12,15H,4H2,1-3H3. The summed E-state index contributed by atoms with van der Waals surface area (Å²) in [6.07, 6.45) is 2.01. The molecule has 0 aliphatic carbocycles. The van der Waals surface area contributed by atoms with Crippen LogP contribution in [0.15, 0.2) is 6.20 Å². The van der Waals surface area contributed by atoms with Crippen molar-refractivity contribution in [3.8, 4) is 6.07 Å². The molecule has 0 saturated carbocycles. The number of hydrogen-bond donors (Lipinski definition) is 2. The predicted octanol–water partition coefficient (Wildman–Crippen LogP) is 1.06. The van der Waals surface area contributed by atoms with E-state index in [0.717, 1.165) is 0 Å². The van der Waals surface area contributed by atoms with Crippen molar-refractivity contribution in [3.63, 3.8) is 0 Å². The van der Waals surface area contributed by atoms with Gasteiger partial charge < -0.3 is 5.21 Å². The molecule has 5 heteroatoms. The van der Waals surface area contributed by atoms with Crippen LogP contribution in [0.2, 0.25) is 0 Å². The second-order valence-electron chi connectivity index (χ2n) is 4.62. The first-order valence-electron chi connectivity index (χ1n) is 4.60. The summed E-state index contributed by atoms with van der Waals surface area (Å²) in [6.45, 7) is 6.12. The highest BCUT2D eigenvalue weighted by Gasteiger charge is 2.14. The van der Waals surface area contributed by atoms with Crippen LogP contribution in [0.5, 0.6) is 0 Å². The lowest BCUT2D eigenvalue weighted by Gasteiger charge is -2.17. The van der Waals surface area contributed by atoms with Crippen LogP contribution < -0.4 is 5.49 Å². The first kappa shape index (κ1) is 11.2. The molecule has 0 unspecified atom stereocenters. The molecule has 0 amide bonds. The highest BCUT2D eigenvalue weighted by Crippen LogP contribution is 2.18. The molecule has 0 aliphatic rings.